The summed E-state index contributed by atoms with van der Waals surface area (Å²) in [7, 11) is 0. The highest BCUT2D eigenvalue weighted by Crippen LogP contribution is 2.22. The average Bonchev–Trinajstić information content (AvgIpc) is 2.70. The predicted octanol–water partition coefficient (Wildman–Crippen LogP) is 1.99. The van der Waals surface area contributed by atoms with Gasteiger partial charge in [-0.1, -0.05) is 11.6 Å². The Hall–Kier alpha value is -2.08. The first kappa shape index (κ1) is 13.4. The van der Waals surface area contributed by atoms with Crippen LogP contribution < -0.4 is 5.73 Å². The number of carbonyl (C=O) groups excluding carboxylic acids is 1. The van der Waals surface area contributed by atoms with Crippen LogP contribution in [-0.2, 0) is 4.74 Å². The number of halogens is 1. The molecule has 0 fully saturated rings. The van der Waals surface area contributed by atoms with Gasteiger partial charge < -0.3 is 10.5 Å². The first-order chi connectivity index (χ1) is 9.04. The van der Waals surface area contributed by atoms with Gasteiger partial charge in [0.15, 0.2) is 5.82 Å². The highest BCUT2D eigenvalue weighted by atomic mass is 35.5. The first-order valence-corrected chi connectivity index (χ1v) is 6.06. The van der Waals surface area contributed by atoms with Gasteiger partial charge in [0.05, 0.1) is 34.8 Å². The molecule has 2 aromatic rings. The fourth-order valence-electron chi connectivity index (χ4n) is 1.58. The second-order valence-corrected chi connectivity index (χ2v) is 4.23. The standard InChI is InChI=1S/C12H13ClN4O2/c1-3-19-12(18)8-4-5-15-11(10(8)14)17-6-9(13)7(2)16-17/h4-6H,3,14H2,1-2H3. The third-order valence-corrected chi connectivity index (χ3v) is 2.89. The number of nitrogen functional groups attached to an aromatic ring is 1. The monoisotopic (exact) mass is 280 g/mol. The van der Waals surface area contributed by atoms with Crippen molar-refractivity contribution in [2.24, 2.45) is 0 Å². The Morgan fingerprint density at radius 3 is 2.89 bits per heavy atom. The fourth-order valence-corrected chi connectivity index (χ4v) is 1.71. The number of hydrogen-bond acceptors (Lipinski definition) is 5. The molecule has 0 aliphatic carbocycles. The topological polar surface area (TPSA) is 83.0 Å². The molecule has 2 aromatic heterocycles. The lowest BCUT2D eigenvalue weighted by molar-refractivity contribution is 0.0527. The molecule has 2 N–H and O–H groups in total. The first-order valence-electron chi connectivity index (χ1n) is 5.68. The van der Waals surface area contributed by atoms with E-state index in [0.717, 1.165) is 0 Å². The molecule has 0 spiro atoms. The predicted molar refractivity (Wildman–Crippen MR) is 71.5 cm³/mol. The Labute approximate surface area is 115 Å². The minimum absolute atomic E-state index is 0.208. The third kappa shape index (κ3) is 2.53. The number of anilines is 1. The van der Waals surface area contributed by atoms with E-state index in [4.69, 9.17) is 22.1 Å². The van der Waals surface area contributed by atoms with Crippen molar-refractivity contribution in [3.8, 4) is 5.82 Å². The SMILES string of the molecule is CCOC(=O)c1ccnc(-n2cc(Cl)c(C)n2)c1N. The van der Waals surface area contributed by atoms with Gasteiger partial charge in [-0.15, -0.1) is 0 Å². The van der Waals surface area contributed by atoms with Crippen LogP contribution in [0.4, 0.5) is 5.69 Å². The summed E-state index contributed by atoms with van der Waals surface area (Å²) in [6.45, 7) is 3.78. The molecule has 2 rings (SSSR count). The molecule has 0 atom stereocenters. The smallest absolute Gasteiger partial charge is 0.340 e. The summed E-state index contributed by atoms with van der Waals surface area (Å²) >= 11 is 5.94. The third-order valence-electron chi connectivity index (χ3n) is 2.52. The lowest BCUT2D eigenvalue weighted by Gasteiger charge is -2.09. The van der Waals surface area contributed by atoms with Gasteiger partial charge >= 0.3 is 5.97 Å². The molecule has 0 radical (unpaired) electrons. The maximum absolute atomic E-state index is 11.7. The molecule has 2 heterocycles. The van der Waals surface area contributed by atoms with Crippen molar-refractivity contribution in [1.29, 1.82) is 0 Å². The minimum atomic E-state index is -0.487. The van der Waals surface area contributed by atoms with E-state index < -0.39 is 5.97 Å². The zero-order chi connectivity index (χ0) is 14.0. The number of aryl methyl sites for hydroxylation is 1. The van der Waals surface area contributed by atoms with Gasteiger partial charge in [0.1, 0.15) is 0 Å². The van der Waals surface area contributed by atoms with Crippen molar-refractivity contribution in [3.05, 3.63) is 34.7 Å². The fraction of sp³-hybridized carbons (Fsp3) is 0.250. The number of nitrogens with two attached hydrogens (primary N) is 1. The summed E-state index contributed by atoms with van der Waals surface area (Å²) in [5.74, 6) is -0.140. The molecule has 19 heavy (non-hydrogen) atoms. The van der Waals surface area contributed by atoms with Gasteiger partial charge in [0.2, 0.25) is 0 Å². The van der Waals surface area contributed by atoms with E-state index in [9.17, 15) is 4.79 Å². The summed E-state index contributed by atoms with van der Waals surface area (Å²) in [5.41, 5.74) is 7.06. The van der Waals surface area contributed by atoms with Crippen molar-refractivity contribution in [2.75, 3.05) is 12.3 Å². The average molecular weight is 281 g/mol. The van der Waals surface area contributed by atoms with Crippen molar-refractivity contribution in [1.82, 2.24) is 14.8 Å². The summed E-state index contributed by atoms with van der Waals surface area (Å²) in [6, 6.07) is 1.51. The second kappa shape index (κ2) is 5.27. The highest BCUT2D eigenvalue weighted by Gasteiger charge is 2.16. The van der Waals surface area contributed by atoms with Gasteiger partial charge in [-0.25, -0.2) is 14.5 Å². The normalized spacial score (nSPS) is 10.5. The van der Waals surface area contributed by atoms with Crippen LogP contribution in [0.5, 0.6) is 0 Å². The molecule has 0 aliphatic rings. The van der Waals surface area contributed by atoms with E-state index in [1.54, 1.807) is 20.0 Å². The molecule has 0 unspecified atom stereocenters. The molecule has 0 aromatic carbocycles. The van der Waals surface area contributed by atoms with Crippen molar-refractivity contribution >= 4 is 23.3 Å². The van der Waals surface area contributed by atoms with Gasteiger partial charge in [-0.05, 0) is 19.9 Å². The number of hydrogen-bond donors (Lipinski definition) is 1. The van der Waals surface area contributed by atoms with Crippen LogP contribution in [0.15, 0.2) is 18.5 Å². The summed E-state index contributed by atoms with van der Waals surface area (Å²) in [6.07, 6.45) is 3.06. The number of pyridine rings is 1. The van der Waals surface area contributed by atoms with Crippen LogP contribution in [-0.4, -0.2) is 27.3 Å². The van der Waals surface area contributed by atoms with Crippen molar-refractivity contribution < 1.29 is 9.53 Å². The molecule has 0 aliphatic heterocycles. The van der Waals surface area contributed by atoms with E-state index >= 15 is 0 Å². The number of rotatable bonds is 3. The van der Waals surface area contributed by atoms with E-state index in [0.29, 0.717) is 16.5 Å². The molecular formula is C12H13ClN4O2. The molecule has 0 bridgehead atoms. The Morgan fingerprint density at radius 1 is 1.58 bits per heavy atom. The van der Waals surface area contributed by atoms with Crippen LogP contribution in [0.3, 0.4) is 0 Å². The van der Waals surface area contributed by atoms with E-state index in [2.05, 4.69) is 10.1 Å². The number of nitrogens with zero attached hydrogens (tertiary/aromatic N) is 3. The van der Waals surface area contributed by atoms with Crippen LogP contribution >= 0.6 is 11.6 Å². The highest BCUT2D eigenvalue weighted by molar-refractivity contribution is 6.31. The number of esters is 1. The Morgan fingerprint density at radius 2 is 2.32 bits per heavy atom. The number of ether oxygens (including phenoxy) is 1. The van der Waals surface area contributed by atoms with Crippen LogP contribution in [0.25, 0.3) is 5.82 Å². The largest absolute Gasteiger partial charge is 0.462 e. The zero-order valence-electron chi connectivity index (χ0n) is 10.6. The maximum Gasteiger partial charge on any atom is 0.340 e. The summed E-state index contributed by atoms with van der Waals surface area (Å²) < 4.78 is 6.37. The quantitative estimate of drug-likeness (QED) is 0.869. The number of carbonyl (C=O) groups is 1. The van der Waals surface area contributed by atoms with Gasteiger partial charge in [-0.3, -0.25) is 0 Å². The van der Waals surface area contributed by atoms with Crippen LogP contribution in [0.1, 0.15) is 23.0 Å². The van der Waals surface area contributed by atoms with E-state index in [1.165, 1.54) is 16.9 Å². The summed E-state index contributed by atoms with van der Waals surface area (Å²) in [4.78, 5) is 15.9. The van der Waals surface area contributed by atoms with E-state index in [1.807, 2.05) is 0 Å². The van der Waals surface area contributed by atoms with Gasteiger partial charge in [-0.2, -0.15) is 5.10 Å². The van der Waals surface area contributed by atoms with Crippen LogP contribution in [0, 0.1) is 6.92 Å². The zero-order valence-corrected chi connectivity index (χ0v) is 11.3. The van der Waals surface area contributed by atoms with Crippen LogP contribution in [0.2, 0.25) is 5.02 Å². The minimum Gasteiger partial charge on any atom is -0.462 e. The second-order valence-electron chi connectivity index (χ2n) is 3.82. The Balaban J connectivity index is 2.48. The molecule has 7 heteroatoms. The molecular weight excluding hydrogens is 268 g/mol. The molecule has 0 saturated heterocycles. The Bertz CT molecular complexity index is 605. The maximum atomic E-state index is 11.7. The lowest BCUT2D eigenvalue weighted by atomic mass is 10.2. The molecule has 100 valence electrons. The van der Waals surface area contributed by atoms with Gasteiger partial charge in [0, 0.05) is 6.20 Å². The molecule has 6 nitrogen and oxygen atoms in total. The Kier molecular flexibility index (Phi) is 3.71. The summed E-state index contributed by atoms with van der Waals surface area (Å²) in [5, 5.41) is 4.68. The molecule has 0 saturated carbocycles. The number of aromatic nitrogens is 3. The molecule has 0 amide bonds. The van der Waals surface area contributed by atoms with Crippen molar-refractivity contribution in [3.63, 3.8) is 0 Å². The van der Waals surface area contributed by atoms with Crippen molar-refractivity contribution in [2.45, 2.75) is 13.8 Å². The van der Waals surface area contributed by atoms with E-state index in [-0.39, 0.29) is 17.9 Å². The lowest BCUT2D eigenvalue weighted by Crippen LogP contribution is -2.12. The van der Waals surface area contributed by atoms with Gasteiger partial charge in [0.25, 0.3) is 0 Å².